The monoisotopic (exact) mass is 751 g/mol. The first-order chi connectivity index (χ1) is 29.2. The van der Waals surface area contributed by atoms with Crippen LogP contribution in [0.25, 0.3) is 88.1 Å². The van der Waals surface area contributed by atoms with Gasteiger partial charge in [-0.15, -0.1) is 0 Å². The Morgan fingerprint density at radius 3 is 1.41 bits per heavy atom. The van der Waals surface area contributed by atoms with Gasteiger partial charge in [0.2, 0.25) is 0 Å². The van der Waals surface area contributed by atoms with E-state index in [1.807, 2.05) is 12.1 Å². The molecule has 0 spiro atoms. The third-order valence-corrected chi connectivity index (χ3v) is 11.4. The molecule has 0 fully saturated rings. The van der Waals surface area contributed by atoms with Gasteiger partial charge in [0.15, 0.2) is 0 Å². The molecule has 0 saturated heterocycles. The highest BCUT2D eigenvalue weighted by atomic mass is 15.1. The molecule has 0 amide bonds. The van der Waals surface area contributed by atoms with Crippen LogP contribution >= 0.6 is 0 Å². The van der Waals surface area contributed by atoms with Gasteiger partial charge < -0.3 is 4.90 Å². The predicted molar refractivity (Wildman–Crippen MR) is 248 cm³/mol. The normalized spacial score (nSPS) is 11.4. The van der Waals surface area contributed by atoms with Gasteiger partial charge in [-0.2, -0.15) is 0 Å². The van der Waals surface area contributed by atoms with Gasteiger partial charge in [0, 0.05) is 33.6 Å². The zero-order valence-electron chi connectivity index (χ0n) is 32.2. The lowest BCUT2D eigenvalue weighted by Crippen LogP contribution is -2.09. The molecule has 11 aromatic rings. The molecule has 1 aromatic heterocycles. The van der Waals surface area contributed by atoms with Crippen LogP contribution in [-0.2, 0) is 0 Å². The molecule has 0 aliphatic rings. The van der Waals surface area contributed by atoms with Gasteiger partial charge >= 0.3 is 0 Å². The molecule has 10 aromatic carbocycles. The molecule has 0 atom stereocenters. The lowest BCUT2D eigenvalue weighted by Gasteiger charge is -2.26. The molecule has 59 heavy (non-hydrogen) atoms. The molecule has 11 rings (SSSR count). The van der Waals surface area contributed by atoms with Gasteiger partial charge in [-0.3, -0.25) is 0 Å². The smallest absolute Gasteiger partial charge is 0.0979 e. The molecule has 0 radical (unpaired) electrons. The second-order valence-corrected chi connectivity index (χ2v) is 15.0. The van der Waals surface area contributed by atoms with Crippen molar-refractivity contribution >= 4 is 60.4 Å². The number of fused-ring (bicyclic) bond motifs is 6. The predicted octanol–water partition coefficient (Wildman–Crippen LogP) is 15.2. The molecule has 3 nitrogen and oxygen atoms in total. The first-order valence-corrected chi connectivity index (χ1v) is 20.1. The highest BCUT2D eigenvalue weighted by molar-refractivity contribution is 6.19. The van der Waals surface area contributed by atoms with E-state index < -0.39 is 0 Å². The first-order valence-electron chi connectivity index (χ1n) is 20.1. The summed E-state index contributed by atoms with van der Waals surface area (Å²) in [7, 11) is 0. The average Bonchev–Trinajstić information content (AvgIpc) is 3.32. The van der Waals surface area contributed by atoms with Gasteiger partial charge in [0.25, 0.3) is 0 Å². The number of aromatic nitrogens is 2. The number of hydrogen-bond acceptors (Lipinski definition) is 3. The summed E-state index contributed by atoms with van der Waals surface area (Å²) in [5.74, 6) is 0. The molecule has 0 N–H and O–H groups in total. The highest BCUT2D eigenvalue weighted by Gasteiger charge is 2.18. The number of nitrogens with zero attached hydrogens (tertiary/aromatic N) is 3. The first kappa shape index (κ1) is 34.4. The zero-order chi connectivity index (χ0) is 39.1. The molecule has 0 aliphatic carbocycles. The molecular formula is C56H37N3. The number of anilines is 3. The van der Waals surface area contributed by atoms with Gasteiger partial charge in [-0.25, -0.2) is 9.97 Å². The Morgan fingerprint density at radius 2 is 0.746 bits per heavy atom. The standard InChI is InChI=1S/C56H37N3/c1-4-12-38(13-5-1)40-24-30-48(31-25-40)59(50-34-28-39-14-10-11-19-46(39)36-50)49-32-26-41(27-33-49)47-23-21-42-20-22-43-29-35-52-56(53(43)51(42)37-47)58-55(45-17-8-3-9-18-45)54(57-52)44-15-6-2-7-16-44/h1-37H. The van der Waals surface area contributed by atoms with Crippen molar-refractivity contribution in [1.29, 1.82) is 0 Å². The summed E-state index contributed by atoms with van der Waals surface area (Å²) in [5, 5.41) is 7.02. The summed E-state index contributed by atoms with van der Waals surface area (Å²) in [6, 6.07) is 79.9. The molecule has 0 saturated carbocycles. The fraction of sp³-hybridized carbons (Fsp3) is 0. The van der Waals surface area contributed by atoms with E-state index >= 15 is 0 Å². The van der Waals surface area contributed by atoms with E-state index in [-0.39, 0.29) is 0 Å². The SMILES string of the molecule is c1ccc(-c2ccc(N(c3ccc(-c4ccc5ccc6ccc7nc(-c8ccccc8)c(-c8ccccc8)nc7c6c5c4)cc3)c3ccc4ccccc4c3)cc2)cc1. The van der Waals surface area contributed by atoms with Crippen LogP contribution in [-0.4, -0.2) is 9.97 Å². The van der Waals surface area contributed by atoms with Crippen LogP contribution in [0.15, 0.2) is 224 Å². The fourth-order valence-electron chi connectivity index (χ4n) is 8.43. The summed E-state index contributed by atoms with van der Waals surface area (Å²) in [6.07, 6.45) is 0. The Morgan fingerprint density at radius 1 is 0.288 bits per heavy atom. The summed E-state index contributed by atoms with van der Waals surface area (Å²) in [5.41, 5.74) is 13.6. The molecule has 1 heterocycles. The minimum atomic E-state index is 0.879. The Labute approximate surface area is 343 Å². The maximum absolute atomic E-state index is 5.46. The highest BCUT2D eigenvalue weighted by Crippen LogP contribution is 2.40. The van der Waals surface area contributed by atoms with Crippen molar-refractivity contribution in [2.24, 2.45) is 0 Å². The molecule has 3 heteroatoms. The van der Waals surface area contributed by atoms with Crippen LogP contribution < -0.4 is 4.90 Å². The lowest BCUT2D eigenvalue weighted by atomic mass is 9.95. The Hall–Kier alpha value is -7.88. The van der Waals surface area contributed by atoms with E-state index in [0.29, 0.717) is 0 Å². The van der Waals surface area contributed by atoms with Crippen molar-refractivity contribution in [1.82, 2.24) is 9.97 Å². The van der Waals surface area contributed by atoms with Crippen LogP contribution in [0.3, 0.4) is 0 Å². The van der Waals surface area contributed by atoms with Crippen LogP contribution in [0, 0.1) is 0 Å². The lowest BCUT2D eigenvalue weighted by molar-refractivity contribution is 1.29. The van der Waals surface area contributed by atoms with Crippen LogP contribution in [0.4, 0.5) is 17.1 Å². The Kier molecular flexibility index (Phi) is 8.49. The van der Waals surface area contributed by atoms with E-state index in [0.717, 1.165) is 77.9 Å². The summed E-state index contributed by atoms with van der Waals surface area (Å²) < 4.78 is 0. The van der Waals surface area contributed by atoms with Gasteiger partial charge in [0.1, 0.15) is 0 Å². The molecule has 276 valence electrons. The molecule has 0 aliphatic heterocycles. The van der Waals surface area contributed by atoms with Crippen molar-refractivity contribution < 1.29 is 0 Å². The van der Waals surface area contributed by atoms with E-state index in [1.165, 1.54) is 27.3 Å². The zero-order valence-corrected chi connectivity index (χ0v) is 32.2. The fourth-order valence-corrected chi connectivity index (χ4v) is 8.43. The van der Waals surface area contributed by atoms with Crippen molar-refractivity contribution in [2.75, 3.05) is 4.90 Å². The number of hydrogen-bond donors (Lipinski definition) is 0. The molecular weight excluding hydrogens is 715 g/mol. The topological polar surface area (TPSA) is 29.0 Å². The van der Waals surface area contributed by atoms with E-state index in [9.17, 15) is 0 Å². The largest absolute Gasteiger partial charge is 0.310 e. The Bertz CT molecular complexity index is 3290. The summed E-state index contributed by atoms with van der Waals surface area (Å²) in [6.45, 7) is 0. The van der Waals surface area contributed by atoms with Crippen LogP contribution in [0.2, 0.25) is 0 Å². The van der Waals surface area contributed by atoms with Crippen LogP contribution in [0.1, 0.15) is 0 Å². The quantitative estimate of drug-likeness (QED) is 0.152. The Balaban J connectivity index is 1.03. The van der Waals surface area contributed by atoms with Crippen molar-refractivity contribution in [3.8, 4) is 44.8 Å². The number of rotatable bonds is 7. The third kappa shape index (κ3) is 6.36. The second kappa shape index (κ2) is 14.6. The molecule has 0 bridgehead atoms. The van der Waals surface area contributed by atoms with Crippen LogP contribution in [0.5, 0.6) is 0 Å². The maximum Gasteiger partial charge on any atom is 0.0979 e. The minimum absolute atomic E-state index is 0.879. The van der Waals surface area contributed by atoms with Gasteiger partial charge in [-0.05, 0) is 97.7 Å². The van der Waals surface area contributed by atoms with E-state index in [2.05, 4.69) is 217 Å². The van der Waals surface area contributed by atoms with Crippen molar-refractivity contribution in [3.63, 3.8) is 0 Å². The van der Waals surface area contributed by atoms with E-state index in [1.54, 1.807) is 0 Å². The van der Waals surface area contributed by atoms with Gasteiger partial charge in [-0.1, -0.05) is 176 Å². The third-order valence-electron chi connectivity index (χ3n) is 11.4. The average molecular weight is 752 g/mol. The van der Waals surface area contributed by atoms with Crippen molar-refractivity contribution in [3.05, 3.63) is 224 Å². The number of benzene rings is 10. The van der Waals surface area contributed by atoms with Crippen molar-refractivity contribution in [2.45, 2.75) is 0 Å². The maximum atomic E-state index is 5.46. The van der Waals surface area contributed by atoms with Gasteiger partial charge in [0.05, 0.1) is 22.4 Å². The summed E-state index contributed by atoms with van der Waals surface area (Å²) >= 11 is 0. The summed E-state index contributed by atoms with van der Waals surface area (Å²) in [4.78, 5) is 13.1. The van der Waals surface area contributed by atoms with E-state index in [4.69, 9.17) is 9.97 Å². The molecule has 0 unspecified atom stereocenters. The second-order valence-electron chi connectivity index (χ2n) is 15.0. The minimum Gasteiger partial charge on any atom is -0.310 e.